The Morgan fingerprint density at radius 1 is 1.57 bits per heavy atom. The summed E-state index contributed by atoms with van der Waals surface area (Å²) < 4.78 is 0. The largest absolute Gasteiger partial charge is 0.392 e. The molecule has 14 heavy (non-hydrogen) atoms. The van der Waals surface area contributed by atoms with Gasteiger partial charge in [-0.15, -0.1) is 0 Å². The van der Waals surface area contributed by atoms with E-state index in [9.17, 15) is 0 Å². The molecule has 3 N–H and O–H groups in total. The fraction of sp³-hybridized carbons (Fsp3) is 0.500. The third-order valence-corrected chi connectivity index (χ3v) is 1.90. The van der Waals surface area contributed by atoms with Gasteiger partial charge in [-0.05, 0) is 6.92 Å². The molecule has 0 bridgehead atoms. The average Bonchev–Trinajstić information content (AvgIpc) is 2.14. The molecule has 0 saturated heterocycles. The second kappa shape index (κ2) is 4.97. The molecule has 0 aliphatic rings. The van der Waals surface area contributed by atoms with E-state index in [-0.39, 0.29) is 0 Å². The standard InChI is InChI=1S/C8H13ClN4O/c1-5(14)3-11-8-6(10-2)7(9)12-4-13-8/h4-5,10,14H,3H2,1-2H3,(H,11,12,13). The predicted octanol–water partition coefficient (Wildman–Crippen LogP) is 0.964. The molecule has 0 aliphatic heterocycles. The van der Waals surface area contributed by atoms with Crippen LogP contribution in [0.5, 0.6) is 0 Å². The van der Waals surface area contributed by atoms with Gasteiger partial charge in [-0.2, -0.15) is 0 Å². The number of nitrogens with zero attached hydrogens (tertiary/aromatic N) is 2. The van der Waals surface area contributed by atoms with Crippen LogP contribution < -0.4 is 10.6 Å². The Morgan fingerprint density at radius 2 is 2.29 bits per heavy atom. The third kappa shape index (κ3) is 2.71. The van der Waals surface area contributed by atoms with E-state index < -0.39 is 6.10 Å². The van der Waals surface area contributed by atoms with Crippen molar-refractivity contribution in [2.75, 3.05) is 24.2 Å². The molecule has 6 heteroatoms. The summed E-state index contributed by atoms with van der Waals surface area (Å²) in [5.74, 6) is 0.591. The van der Waals surface area contributed by atoms with Crippen molar-refractivity contribution in [3.63, 3.8) is 0 Å². The van der Waals surface area contributed by atoms with Gasteiger partial charge in [0, 0.05) is 13.6 Å². The summed E-state index contributed by atoms with van der Waals surface area (Å²) in [6.45, 7) is 2.11. The van der Waals surface area contributed by atoms with Crippen molar-refractivity contribution in [1.29, 1.82) is 0 Å². The molecule has 0 radical (unpaired) electrons. The van der Waals surface area contributed by atoms with Crippen LogP contribution in [0.1, 0.15) is 6.92 Å². The van der Waals surface area contributed by atoms with Crippen molar-refractivity contribution in [1.82, 2.24) is 9.97 Å². The topological polar surface area (TPSA) is 70.1 Å². The van der Waals surface area contributed by atoms with Crippen LogP contribution in [-0.2, 0) is 0 Å². The van der Waals surface area contributed by atoms with Gasteiger partial charge in [-0.3, -0.25) is 0 Å². The van der Waals surface area contributed by atoms with Crippen molar-refractivity contribution in [2.45, 2.75) is 13.0 Å². The van der Waals surface area contributed by atoms with Crippen molar-refractivity contribution in [3.05, 3.63) is 11.5 Å². The van der Waals surface area contributed by atoms with Gasteiger partial charge in [0.1, 0.15) is 12.0 Å². The minimum absolute atomic E-state index is 0.357. The van der Waals surface area contributed by atoms with E-state index in [2.05, 4.69) is 20.6 Å². The lowest BCUT2D eigenvalue weighted by Gasteiger charge is -2.11. The first-order chi connectivity index (χ1) is 6.65. The Kier molecular flexibility index (Phi) is 3.91. The second-order valence-corrected chi connectivity index (χ2v) is 3.23. The van der Waals surface area contributed by atoms with Crippen LogP contribution in [0.2, 0.25) is 5.15 Å². The van der Waals surface area contributed by atoms with Crippen LogP contribution >= 0.6 is 11.6 Å². The molecule has 5 nitrogen and oxygen atoms in total. The molecule has 0 fully saturated rings. The number of halogens is 1. The molecule has 1 aromatic rings. The summed E-state index contributed by atoms with van der Waals surface area (Å²) in [5, 5.41) is 15.3. The van der Waals surface area contributed by atoms with Crippen molar-refractivity contribution in [2.24, 2.45) is 0 Å². The zero-order valence-electron chi connectivity index (χ0n) is 8.08. The number of aromatic nitrogens is 2. The van der Waals surface area contributed by atoms with Gasteiger partial charge in [0.05, 0.1) is 6.10 Å². The first kappa shape index (κ1) is 11.0. The summed E-state index contributed by atoms with van der Waals surface area (Å²) in [4.78, 5) is 7.83. The van der Waals surface area contributed by atoms with E-state index in [1.807, 2.05) is 0 Å². The summed E-state index contributed by atoms with van der Waals surface area (Å²) in [7, 11) is 1.73. The molecule has 1 unspecified atom stereocenters. The molecule has 78 valence electrons. The fourth-order valence-electron chi connectivity index (χ4n) is 0.964. The number of hydrogen-bond donors (Lipinski definition) is 3. The number of hydrogen-bond acceptors (Lipinski definition) is 5. The first-order valence-electron chi connectivity index (χ1n) is 4.25. The van der Waals surface area contributed by atoms with E-state index in [1.54, 1.807) is 14.0 Å². The van der Waals surface area contributed by atoms with Crippen LogP contribution in [0.15, 0.2) is 6.33 Å². The lowest BCUT2D eigenvalue weighted by atomic mass is 10.4. The summed E-state index contributed by atoms with van der Waals surface area (Å²) >= 11 is 5.83. The molecule has 0 aliphatic carbocycles. The smallest absolute Gasteiger partial charge is 0.157 e. The second-order valence-electron chi connectivity index (χ2n) is 2.87. The van der Waals surface area contributed by atoms with E-state index in [0.717, 1.165) is 0 Å². The Balaban J connectivity index is 2.80. The molecule has 0 spiro atoms. The molecule has 1 heterocycles. The highest BCUT2D eigenvalue weighted by Crippen LogP contribution is 2.24. The van der Waals surface area contributed by atoms with E-state index in [1.165, 1.54) is 6.33 Å². The highest BCUT2D eigenvalue weighted by atomic mass is 35.5. The molecule has 1 atom stereocenters. The summed E-state index contributed by atoms with van der Waals surface area (Å²) in [6, 6.07) is 0. The Hall–Kier alpha value is -1.07. The molecule has 1 rings (SSSR count). The fourth-order valence-corrected chi connectivity index (χ4v) is 1.19. The normalized spacial score (nSPS) is 12.3. The van der Waals surface area contributed by atoms with Gasteiger partial charge in [0.15, 0.2) is 11.0 Å². The van der Waals surface area contributed by atoms with Crippen LogP contribution in [0, 0.1) is 0 Å². The predicted molar refractivity (Wildman–Crippen MR) is 56.8 cm³/mol. The summed E-state index contributed by atoms with van der Waals surface area (Å²) in [5.41, 5.74) is 0.634. The van der Waals surface area contributed by atoms with Gasteiger partial charge < -0.3 is 15.7 Å². The quantitative estimate of drug-likeness (QED) is 0.655. The van der Waals surface area contributed by atoms with Gasteiger partial charge in [-0.25, -0.2) is 9.97 Å². The van der Waals surface area contributed by atoms with Gasteiger partial charge in [0.2, 0.25) is 0 Å². The molecule has 0 aromatic carbocycles. The Morgan fingerprint density at radius 3 is 2.86 bits per heavy atom. The SMILES string of the molecule is CNc1c(Cl)ncnc1NCC(C)O. The number of nitrogens with one attached hydrogen (secondary N) is 2. The van der Waals surface area contributed by atoms with Gasteiger partial charge in [0.25, 0.3) is 0 Å². The Bertz CT molecular complexity index is 305. The molecule has 0 amide bonds. The van der Waals surface area contributed by atoms with E-state index >= 15 is 0 Å². The van der Waals surface area contributed by atoms with E-state index in [4.69, 9.17) is 16.7 Å². The van der Waals surface area contributed by atoms with Gasteiger partial charge in [-0.1, -0.05) is 11.6 Å². The van der Waals surface area contributed by atoms with Crippen molar-refractivity contribution >= 4 is 23.1 Å². The number of rotatable bonds is 4. The van der Waals surface area contributed by atoms with Crippen LogP contribution in [0.4, 0.5) is 11.5 Å². The number of anilines is 2. The average molecular weight is 217 g/mol. The number of aliphatic hydroxyl groups excluding tert-OH is 1. The maximum atomic E-state index is 9.09. The molecular formula is C8H13ClN4O. The van der Waals surface area contributed by atoms with Crippen molar-refractivity contribution < 1.29 is 5.11 Å². The van der Waals surface area contributed by atoms with Crippen LogP contribution in [0.25, 0.3) is 0 Å². The number of aliphatic hydroxyl groups is 1. The molecular weight excluding hydrogens is 204 g/mol. The highest BCUT2D eigenvalue weighted by Gasteiger charge is 2.07. The first-order valence-corrected chi connectivity index (χ1v) is 4.63. The van der Waals surface area contributed by atoms with Gasteiger partial charge >= 0.3 is 0 Å². The summed E-state index contributed by atoms with van der Waals surface area (Å²) in [6.07, 6.45) is 0.932. The molecule has 0 saturated carbocycles. The highest BCUT2D eigenvalue weighted by molar-refractivity contribution is 6.32. The zero-order valence-corrected chi connectivity index (χ0v) is 8.84. The third-order valence-electron chi connectivity index (χ3n) is 1.62. The van der Waals surface area contributed by atoms with E-state index in [0.29, 0.717) is 23.2 Å². The lowest BCUT2D eigenvalue weighted by Crippen LogP contribution is -2.17. The van der Waals surface area contributed by atoms with Crippen LogP contribution in [0.3, 0.4) is 0 Å². The zero-order chi connectivity index (χ0) is 10.6. The minimum Gasteiger partial charge on any atom is -0.392 e. The van der Waals surface area contributed by atoms with Crippen molar-refractivity contribution in [3.8, 4) is 0 Å². The minimum atomic E-state index is -0.437. The monoisotopic (exact) mass is 216 g/mol. The lowest BCUT2D eigenvalue weighted by molar-refractivity contribution is 0.208. The maximum Gasteiger partial charge on any atom is 0.157 e. The molecule has 1 aromatic heterocycles. The van der Waals surface area contributed by atoms with Crippen LogP contribution in [-0.4, -0.2) is 34.8 Å². The maximum absolute atomic E-state index is 9.09. The Labute approximate surface area is 87.5 Å².